The molecule has 0 aromatic heterocycles. The fourth-order valence-corrected chi connectivity index (χ4v) is 2.20. The monoisotopic (exact) mass is 345 g/mol. The van der Waals surface area contributed by atoms with Crippen molar-refractivity contribution in [3.05, 3.63) is 59.9 Å². The van der Waals surface area contributed by atoms with E-state index in [1.165, 1.54) is 18.2 Å². The fraction of sp³-hybridized carbons (Fsp3) is 0.263. The van der Waals surface area contributed by atoms with Gasteiger partial charge in [-0.05, 0) is 51.1 Å². The molecule has 0 fully saturated rings. The highest BCUT2D eigenvalue weighted by Crippen LogP contribution is 2.28. The van der Waals surface area contributed by atoms with Gasteiger partial charge in [0, 0.05) is 11.3 Å². The predicted octanol–water partition coefficient (Wildman–Crippen LogP) is 4.28. The number of benzene rings is 2. The lowest BCUT2D eigenvalue weighted by atomic mass is 9.84. The van der Waals surface area contributed by atoms with Crippen LogP contribution in [0.15, 0.2) is 48.5 Å². The minimum absolute atomic E-state index is 0.264. The van der Waals surface area contributed by atoms with Crippen LogP contribution in [0.3, 0.4) is 0 Å². The summed E-state index contributed by atoms with van der Waals surface area (Å²) in [5.74, 6) is -0.744. The van der Waals surface area contributed by atoms with Gasteiger partial charge in [0.25, 0.3) is 0 Å². The second kappa shape index (κ2) is 7.79. The van der Waals surface area contributed by atoms with Crippen molar-refractivity contribution in [1.82, 2.24) is 0 Å². The minimum Gasteiger partial charge on any atom is -0.450 e. The van der Waals surface area contributed by atoms with Gasteiger partial charge in [0.05, 0.1) is 12.0 Å². The Bertz CT molecular complexity index is 756. The van der Waals surface area contributed by atoms with E-state index in [1.54, 1.807) is 51.1 Å². The number of carbonyl (C=O) groups excluding carboxylic acids is 2. The van der Waals surface area contributed by atoms with E-state index in [0.29, 0.717) is 11.4 Å². The van der Waals surface area contributed by atoms with Crippen LogP contribution in [0.2, 0.25) is 0 Å². The van der Waals surface area contributed by atoms with Crippen LogP contribution in [0.4, 0.5) is 14.9 Å². The largest absolute Gasteiger partial charge is 0.450 e. The molecule has 25 heavy (non-hydrogen) atoms. The van der Waals surface area contributed by atoms with Crippen molar-refractivity contribution in [2.45, 2.75) is 26.2 Å². The number of ether oxygens (including phenoxy) is 2. The van der Waals surface area contributed by atoms with Gasteiger partial charge in [0.1, 0.15) is 11.6 Å². The summed E-state index contributed by atoms with van der Waals surface area (Å²) in [4.78, 5) is 23.8. The Kier molecular flexibility index (Phi) is 5.75. The summed E-state index contributed by atoms with van der Waals surface area (Å²) in [5, 5.41) is 2.54. The van der Waals surface area contributed by atoms with E-state index < -0.39 is 23.3 Å². The third-order valence-corrected chi connectivity index (χ3v) is 3.64. The highest BCUT2D eigenvalue weighted by atomic mass is 19.1. The van der Waals surface area contributed by atoms with Crippen LogP contribution in [0, 0.1) is 5.82 Å². The van der Waals surface area contributed by atoms with Crippen LogP contribution in [0.25, 0.3) is 0 Å². The van der Waals surface area contributed by atoms with E-state index in [9.17, 15) is 14.0 Å². The zero-order valence-electron chi connectivity index (χ0n) is 14.3. The highest BCUT2D eigenvalue weighted by Gasteiger charge is 2.34. The minimum atomic E-state index is -1.15. The molecule has 0 atom stereocenters. The summed E-state index contributed by atoms with van der Waals surface area (Å²) < 4.78 is 24.1. The first kappa shape index (κ1) is 18.4. The zero-order valence-corrected chi connectivity index (χ0v) is 14.3. The van der Waals surface area contributed by atoms with Crippen LogP contribution < -0.4 is 10.1 Å². The summed E-state index contributed by atoms with van der Waals surface area (Å²) in [7, 11) is 0. The Morgan fingerprint density at radius 1 is 1.08 bits per heavy atom. The van der Waals surface area contributed by atoms with Crippen LogP contribution in [0.5, 0.6) is 5.75 Å². The van der Waals surface area contributed by atoms with Gasteiger partial charge in [-0.25, -0.2) is 9.18 Å². The maximum Gasteiger partial charge on any atom is 0.411 e. The van der Waals surface area contributed by atoms with Crippen molar-refractivity contribution in [1.29, 1.82) is 0 Å². The molecule has 0 bridgehead atoms. The Balaban J connectivity index is 2.07. The predicted molar refractivity (Wildman–Crippen MR) is 92.1 cm³/mol. The summed E-state index contributed by atoms with van der Waals surface area (Å²) in [6, 6.07) is 12.3. The molecule has 0 unspecified atom stereocenters. The first-order valence-corrected chi connectivity index (χ1v) is 7.85. The van der Waals surface area contributed by atoms with Crippen molar-refractivity contribution in [2.75, 3.05) is 11.9 Å². The van der Waals surface area contributed by atoms with Gasteiger partial charge in [-0.3, -0.25) is 10.1 Å². The average Bonchev–Trinajstić information content (AvgIpc) is 2.57. The van der Waals surface area contributed by atoms with Crippen molar-refractivity contribution in [2.24, 2.45) is 0 Å². The van der Waals surface area contributed by atoms with Crippen molar-refractivity contribution >= 4 is 17.7 Å². The van der Waals surface area contributed by atoms with Crippen LogP contribution in [-0.4, -0.2) is 18.7 Å². The Morgan fingerprint density at radius 2 is 1.72 bits per heavy atom. The van der Waals surface area contributed by atoms with Gasteiger partial charge in [-0.2, -0.15) is 0 Å². The molecule has 2 aromatic rings. The molecule has 0 spiro atoms. The number of amides is 1. The van der Waals surface area contributed by atoms with E-state index >= 15 is 0 Å². The summed E-state index contributed by atoms with van der Waals surface area (Å²) in [6.07, 6.45) is -0.562. The molecule has 6 heteroatoms. The second-order valence-electron chi connectivity index (χ2n) is 5.86. The average molecular weight is 345 g/mol. The summed E-state index contributed by atoms with van der Waals surface area (Å²) in [5.41, 5.74) is -0.375. The van der Waals surface area contributed by atoms with Crippen LogP contribution in [0.1, 0.15) is 26.3 Å². The smallest absolute Gasteiger partial charge is 0.411 e. The first-order chi connectivity index (χ1) is 11.8. The van der Waals surface area contributed by atoms with Gasteiger partial charge in [0.2, 0.25) is 0 Å². The number of hydrogen-bond acceptors (Lipinski definition) is 4. The summed E-state index contributed by atoms with van der Waals surface area (Å²) >= 11 is 0. The molecule has 132 valence electrons. The SMILES string of the molecule is CCOC(=O)Nc1ccc(OC(=O)C(C)(C)c2ccccc2F)cc1. The number of anilines is 1. The van der Waals surface area contributed by atoms with Crippen LogP contribution >= 0.6 is 0 Å². The molecule has 1 N–H and O–H groups in total. The van der Waals surface area contributed by atoms with Crippen molar-refractivity contribution in [3.8, 4) is 5.75 Å². The lowest BCUT2D eigenvalue weighted by Crippen LogP contribution is -2.34. The maximum absolute atomic E-state index is 14.0. The second-order valence-corrected chi connectivity index (χ2v) is 5.86. The summed E-state index contributed by atoms with van der Waals surface area (Å²) in [6.45, 7) is 5.18. The van der Waals surface area contributed by atoms with E-state index in [2.05, 4.69) is 5.32 Å². The number of nitrogens with one attached hydrogen (secondary N) is 1. The lowest BCUT2D eigenvalue weighted by molar-refractivity contribution is -0.139. The molecule has 0 aliphatic rings. The van der Waals surface area contributed by atoms with Gasteiger partial charge in [-0.15, -0.1) is 0 Å². The molecular formula is C19H20FNO4. The molecular weight excluding hydrogens is 325 g/mol. The molecule has 0 radical (unpaired) electrons. The molecule has 2 aromatic carbocycles. The van der Waals surface area contributed by atoms with Gasteiger partial charge >= 0.3 is 12.1 Å². The van der Waals surface area contributed by atoms with Crippen molar-refractivity contribution in [3.63, 3.8) is 0 Å². The third-order valence-electron chi connectivity index (χ3n) is 3.64. The van der Waals surface area contributed by atoms with E-state index in [0.717, 1.165) is 0 Å². The Labute approximate surface area is 145 Å². The molecule has 1 amide bonds. The highest BCUT2D eigenvalue weighted by molar-refractivity contribution is 5.86. The molecule has 0 saturated heterocycles. The number of hydrogen-bond donors (Lipinski definition) is 1. The Morgan fingerprint density at radius 3 is 2.32 bits per heavy atom. The maximum atomic E-state index is 14.0. The number of esters is 1. The third kappa shape index (κ3) is 4.56. The molecule has 0 aliphatic heterocycles. The zero-order chi connectivity index (χ0) is 18.4. The van der Waals surface area contributed by atoms with Gasteiger partial charge in [-0.1, -0.05) is 18.2 Å². The Hall–Kier alpha value is -2.89. The molecule has 5 nitrogen and oxygen atoms in total. The topological polar surface area (TPSA) is 64.6 Å². The van der Waals surface area contributed by atoms with E-state index in [-0.39, 0.29) is 12.2 Å². The number of carbonyl (C=O) groups is 2. The fourth-order valence-electron chi connectivity index (χ4n) is 2.20. The first-order valence-electron chi connectivity index (χ1n) is 7.85. The normalized spacial score (nSPS) is 10.9. The number of rotatable bonds is 5. The standard InChI is InChI=1S/C19H20FNO4/c1-4-24-18(23)21-13-9-11-14(12-10-13)25-17(22)19(2,3)15-7-5-6-8-16(15)20/h5-12H,4H2,1-3H3,(H,21,23). The molecule has 0 aliphatic carbocycles. The van der Waals surface area contributed by atoms with Gasteiger partial charge < -0.3 is 9.47 Å². The lowest BCUT2D eigenvalue weighted by Gasteiger charge is -2.23. The molecule has 0 saturated carbocycles. The number of halogens is 1. The van der Waals surface area contributed by atoms with Gasteiger partial charge in [0.15, 0.2) is 0 Å². The van der Waals surface area contributed by atoms with E-state index in [1.807, 2.05) is 0 Å². The molecule has 2 rings (SSSR count). The quantitative estimate of drug-likeness (QED) is 0.649. The van der Waals surface area contributed by atoms with Crippen LogP contribution in [-0.2, 0) is 14.9 Å². The van der Waals surface area contributed by atoms with Crippen molar-refractivity contribution < 1.29 is 23.5 Å². The van der Waals surface area contributed by atoms with E-state index in [4.69, 9.17) is 9.47 Å². The molecule has 0 heterocycles.